The summed E-state index contributed by atoms with van der Waals surface area (Å²) in [7, 11) is 0. The van der Waals surface area contributed by atoms with Gasteiger partial charge in [-0.25, -0.2) is 0 Å². The number of benzene rings is 7. The van der Waals surface area contributed by atoms with Gasteiger partial charge in [0.1, 0.15) is 0 Å². The van der Waals surface area contributed by atoms with Crippen molar-refractivity contribution < 1.29 is 0 Å². The molecule has 0 bridgehead atoms. The fourth-order valence-corrected chi connectivity index (χ4v) is 8.33. The van der Waals surface area contributed by atoms with Crippen LogP contribution in [0.1, 0.15) is 47.2 Å². The molecule has 9 rings (SSSR count). The Morgan fingerprint density at radius 1 is 0.340 bits per heavy atom. The molecule has 2 aliphatic rings. The Balaban J connectivity index is 1.14. The summed E-state index contributed by atoms with van der Waals surface area (Å²) in [6.45, 7) is 4.77. The maximum absolute atomic E-state index is 3.59. The summed E-state index contributed by atoms with van der Waals surface area (Å²) in [5.74, 6) is 0. The Bertz CT molecular complexity index is 2230. The zero-order valence-electron chi connectivity index (χ0n) is 26.7. The van der Waals surface area contributed by atoms with Crippen molar-refractivity contribution in [3.8, 4) is 33.4 Å². The van der Waals surface area contributed by atoms with E-state index in [-0.39, 0.29) is 10.8 Å². The highest BCUT2D eigenvalue weighted by Gasteiger charge is 2.53. The van der Waals surface area contributed by atoms with E-state index in [9.17, 15) is 0 Å². The second-order valence-corrected chi connectivity index (χ2v) is 13.4. The van der Waals surface area contributed by atoms with E-state index in [0.29, 0.717) is 0 Å². The molecule has 2 aliphatic carbocycles. The van der Waals surface area contributed by atoms with Crippen molar-refractivity contribution in [3.63, 3.8) is 0 Å². The van der Waals surface area contributed by atoms with Crippen molar-refractivity contribution in [1.82, 2.24) is 0 Å². The lowest BCUT2D eigenvalue weighted by Crippen LogP contribution is -2.40. The molecule has 0 aromatic heterocycles. The van der Waals surface area contributed by atoms with Crippen molar-refractivity contribution in [3.05, 3.63) is 203 Å². The Morgan fingerprint density at radius 3 is 1.36 bits per heavy atom. The van der Waals surface area contributed by atoms with Crippen molar-refractivity contribution in [1.29, 1.82) is 0 Å². The lowest BCUT2D eigenvalue weighted by atomic mass is 9.55. The Hall–Kier alpha value is -5.66. The minimum Gasteiger partial charge on any atom is -0.356 e. The molecule has 47 heavy (non-hydrogen) atoms. The molecule has 7 aromatic carbocycles. The smallest absolute Gasteiger partial charge is 0.0719 e. The summed E-state index contributed by atoms with van der Waals surface area (Å²) in [5, 5.41) is 3.59. The molecule has 224 valence electrons. The lowest BCUT2D eigenvalue weighted by Gasteiger charge is -2.46. The molecular weight excluding hydrogens is 567 g/mol. The Kier molecular flexibility index (Phi) is 6.14. The molecule has 0 amide bonds. The average Bonchev–Trinajstić information content (AvgIpc) is 3.43. The maximum Gasteiger partial charge on any atom is 0.0719 e. The highest BCUT2D eigenvalue weighted by molar-refractivity contribution is 5.89. The third-order valence-electron chi connectivity index (χ3n) is 10.6. The van der Waals surface area contributed by atoms with Gasteiger partial charge in [-0.3, -0.25) is 0 Å². The first-order valence-corrected chi connectivity index (χ1v) is 16.5. The van der Waals surface area contributed by atoms with Crippen molar-refractivity contribution in [2.24, 2.45) is 0 Å². The molecule has 0 aliphatic heterocycles. The molecule has 1 N–H and O–H groups in total. The summed E-state index contributed by atoms with van der Waals surface area (Å²) < 4.78 is 0. The topological polar surface area (TPSA) is 12.0 Å². The quantitative estimate of drug-likeness (QED) is 0.212. The SMILES string of the molecule is CC1(C)c2ccccc2C2(c3ccccc3-c3ccccc32)c2cc(-c3ccc(Nc4ccc(-c5ccccc5)cc4)cc3)ccc21. The van der Waals surface area contributed by atoms with Crippen LogP contribution in [0.4, 0.5) is 11.4 Å². The summed E-state index contributed by atoms with van der Waals surface area (Å²) in [5.41, 5.74) is 17.5. The Morgan fingerprint density at radius 2 is 0.766 bits per heavy atom. The van der Waals surface area contributed by atoms with Gasteiger partial charge < -0.3 is 5.32 Å². The Labute approximate surface area is 277 Å². The molecule has 0 unspecified atom stereocenters. The second kappa shape index (κ2) is 10.4. The minimum atomic E-state index is -0.377. The second-order valence-electron chi connectivity index (χ2n) is 13.4. The van der Waals surface area contributed by atoms with Crippen LogP contribution >= 0.6 is 0 Å². The van der Waals surface area contributed by atoms with Gasteiger partial charge in [0.25, 0.3) is 0 Å². The number of fused-ring (bicyclic) bond motifs is 9. The molecule has 0 saturated heterocycles. The van der Waals surface area contributed by atoms with E-state index in [2.05, 4.69) is 189 Å². The zero-order valence-corrected chi connectivity index (χ0v) is 26.7. The first kappa shape index (κ1) is 27.6. The van der Waals surface area contributed by atoms with Crippen LogP contribution in [-0.2, 0) is 10.8 Å². The normalized spacial score (nSPS) is 14.5. The van der Waals surface area contributed by atoms with Crippen LogP contribution < -0.4 is 5.32 Å². The molecule has 7 aromatic rings. The van der Waals surface area contributed by atoms with Gasteiger partial charge in [0, 0.05) is 16.8 Å². The zero-order chi connectivity index (χ0) is 31.6. The number of anilines is 2. The van der Waals surface area contributed by atoms with Gasteiger partial charge in [0.15, 0.2) is 0 Å². The molecule has 1 nitrogen and oxygen atoms in total. The van der Waals surface area contributed by atoms with Crippen molar-refractivity contribution >= 4 is 11.4 Å². The highest BCUT2D eigenvalue weighted by Crippen LogP contribution is 2.62. The predicted octanol–water partition coefficient (Wildman–Crippen LogP) is 11.8. The van der Waals surface area contributed by atoms with Gasteiger partial charge in [-0.15, -0.1) is 0 Å². The largest absolute Gasteiger partial charge is 0.356 e. The van der Waals surface area contributed by atoms with E-state index in [0.717, 1.165) is 11.4 Å². The number of rotatable bonds is 4. The predicted molar refractivity (Wildman–Crippen MR) is 196 cm³/mol. The van der Waals surface area contributed by atoms with Gasteiger partial charge in [-0.2, -0.15) is 0 Å². The molecule has 0 saturated carbocycles. The molecule has 0 radical (unpaired) electrons. The number of hydrogen-bond acceptors (Lipinski definition) is 1. The standard InChI is InChI=1S/C46H35N/c1-45(2)41-18-10-11-19-43(41)46(39-16-8-6-14-37(39)38-15-7-9-17-40(38)46)44-30-34(24-29-42(44)45)33-22-27-36(28-23-33)47-35-25-20-32(21-26-35)31-12-4-3-5-13-31/h3-30,47H,1-2H3. The van der Waals surface area contributed by atoms with Crippen molar-refractivity contribution in [2.45, 2.75) is 24.7 Å². The minimum absolute atomic E-state index is 0.133. The third-order valence-corrected chi connectivity index (χ3v) is 10.6. The van der Waals surface area contributed by atoms with E-state index < -0.39 is 0 Å². The average molecular weight is 602 g/mol. The van der Waals surface area contributed by atoms with E-state index in [1.165, 1.54) is 66.8 Å². The lowest BCUT2D eigenvalue weighted by molar-refractivity contribution is 0.563. The third kappa shape index (κ3) is 4.09. The van der Waals surface area contributed by atoms with Gasteiger partial charge in [0.05, 0.1) is 5.41 Å². The first-order chi connectivity index (χ1) is 23.0. The van der Waals surface area contributed by atoms with Gasteiger partial charge in [-0.05, 0) is 97.1 Å². The van der Waals surface area contributed by atoms with Gasteiger partial charge in [0.2, 0.25) is 0 Å². The van der Waals surface area contributed by atoms with Crippen molar-refractivity contribution in [2.75, 3.05) is 5.32 Å². The molecule has 1 heteroatoms. The van der Waals surface area contributed by atoms with E-state index in [1.54, 1.807) is 0 Å². The van der Waals surface area contributed by atoms with Gasteiger partial charge in [-0.1, -0.05) is 153 Å². The van der Waals surface area contributed by atoms with Crippen LogP contribution in [0, 0.1) is 0 Å². The molecular formula is C46H35N. The van der Waals surface area contributed by atoms with Crippen LogP contribution in [0.15, 0.2) is 170 Å². The molecule has 0 atom stereocenters. The van der Waals surface area contributed by atoms with E-state index >= 15 is 0 Å². The maximum atomic E-state index is 3.59. The first-order valence-electron chi connectivity index (χ1n) is 16.5. The highest BCUT2D eigenvalue weighted by atomic mass is 14.9. The molecule has 0 heterocycles. The van der Waals surface area contributed by atoms with Crippen LogP contribution in [0.5, 0.6) is 0 Å². The summed E-state index contributed by atoms with van der Waals surface area (Å²) in [6.07, 6.45) is 0. The fraction of sp³-hybridized carbons (Fsp3) is 0.0870. The monoisotopic (exact) mass is 601 g/mol. The summed E-state index contributed by atoms with van der Waals surface area (Å²) >= 11 is 0. The number of nitrogens with one attached hydrogen (secondary N) is 1. The van der Waals surface area contributed by atoms with Crippen LogP contribution in [0.2, 0.25) is 0 Å². The van der Waals surface area contributed by atoms with E-state index in [1.807, 2.05) is 0 Å². The summed E-state index contributed by atoms with van der Waals surface area (Å²) in [4.78, 5) is 0. The van der Waals surface area contributed by atoms with Crippen LogP contribution in [-0.4, -0.2) is 0 Å². The molecule has 1 spiro atoms. The van der Waals surface area contributed by atoms with Crippen LogP contribution in [0.3, 0.4) is 0 Å². The van der Waals surface area contributed by atoms with Crippen LogP contribution in [0.25, 0.3) is 33.4 Å². The van der Waals surface area contributed by atoms with Gasteiger partial charge >= 0.3 is 0 Å². The van der Waals surface area contributed by atoms with E-state index in [4.69, 9.17) is 0 Å². The number of hydrogen-bond donors (Lipinski definition) is 1. The molecule has 0 fully saturated rings. The fourth-order valence-electron chi connectivity index (χ4n) is 8.33. The summed E-state index contributed by atoms with van der Waals surface area (Å²) in [6, 6.07) is 62.4.